The molecule has 0 saturated heterocycles. The molecule has 0 aliphatic heterocycles. The number of aryl methyl sites for hydroxylation is 2. The molecule has 1 amide bonds. The Balaban J connectivity index is 2.24. The molecule has 0 atom stereocenters. The van der Waals surface area contributed by atoms with Crippen molar-refractivity contribution < 1.29 is 9.90 Å². The minimum absolute atomic E-state index is 0.166. The number of phenols is 1. The highest BCUT2D eigenvalue weighted by atomic mass is 79.9. The Hall–Kier alpha value is -1.81. The van der Waals surface area contributed by atoms with Gasteiger partial charge in [0.15, 0.2) is 0 Å². The second-order valence-corrected chi connectivity index (χ2v) is 5.30. The third-order valence-corrected chi connectivity index (χ3v) is 3.40. The van der Waals surface area contributed by atoms with Crippen LogP contribution in [0.1, 0.15) is 21.5 Å². The third kappa shape index (κ3) is 3.15. The Morgan fingerprint density at radius 3 is 2.58 bits per heavy atom. The number of amides is 1. The van der Waals surface area contributed by atoms with Crippen molar-refractivity contribution in [2.45, 2.75) is 13.8 Å². The number of hydrogen-bond donors (Lipinski definition) is 2. The van der Waals surface area contributed by atoms with Gasteiger partial charge in [0.05, 0.1) is 4.47 Å². The lowest BCUT2D eigenvalue weighted by atomic mass is 10.1. The first-order valence-electron chi connectivity index (χ1n) is 5.84. The number of anilines is 1. The van der Waals surface area contributed by atoms with Crippen molar-refractivity contribution in [1.82, 2.24) is 0 Å². The van der Waals surface area contributed by atoms with Crippen molar-refractivity contribution >= 4 is 27.5 Å². The van der Waals surface area contributed by atoms with Crippen molar-refractivity contribution in [2.24, 2.45) is 0 Å². The molecule has 0 aliphatic carbocycles. The van der Waals surface area contributed by atoms with Crippen LogP contribution in [-0.4, -0.2) is 11.0 Å². The van der Waals surface area contributed by atoms with E-state index in [1.165, 1.54) is 0 Å². The highest BCUT2D eigenvalue weighted by Gasteiger charge is 2.09. The first kappa shape index (κ1) is 13.6. The molecular weight excluding hydrogens is 306 g/mol. The number of phenolic OH excluding ortho intramolecular Hbond substituents is 1. The Morgan fingerprint density at radius 1 is 1.21 bits per heavy atom. The predicted octanol–water partition coefficient (Wildman–Crippen LogP) is 4.02. The van der Waals surface area contributed by atoms with Crippen LogP contribution in [0, 0.1) is 13.8 Å². The van der Waals surface area contributed by atoms with Gasteiger partial charge in [-0.1, -0.05) is 17.7 Å². The zero-order valence-electron chi connectivity index (χ0n) is 10.7. The minimum atomic E-state index is -0.166. The molecule has 0 aromatic heterocycles. The van der Waals surface area contributed by atoms with E-state index in [4.69, 9.17) is 0 Å². The molecule has 2 rings (SSSR count). The van der Waals surface area contributed by atoms with Crippen LogP contribution in [0.25, 0.3) is 0 Å². The van der Waals surface area contributed by atoms with Gasteiger partial charge in [0.2, 0.25) is 0 Å². The Bertz CT molecular complexity index is 615. The first-order valence-corrected chi connectivity index (χ1v) is 6.64. The minimum Gasteiger partial charge on any atom is -0.506 e. The molecule has 0 saturated carbocycles. The van der Waals surface area contributed by atoms with Gasteiger partial charge in [0.25, 0.3) is 5.91 Å². The van der Waals surface area contributed by atoms with Crippen molar-refractivity contribution in [3.05, 3.63) is 57.6 Å². The lowest BCUT2D eigenvalue weighted by molar-refractivity contribution is 0.102. The maximum absolute atomic E-state index is 12.1. The van der Waals surface area contributed by atoms with Crippen LogP contribution in [0.5, 0.6) is 5.75 Å². The third-order valence-electron chi connectivity index (χ3n) is 2.79. The SMILES string of the molecule is Cc1cccc(C(=O)Nc2cc(C)c(O)c(Br)c2)c1. The fraction of sp³-hybridized carbons (Fsp3) is 0.133. The van der Waals surface area contributed by atoms with Crippen LogP contribution in [-0.2, 0) is 0 Å². The van der Waals surface area contributed by atoms with E-state index in [9.17, 15) is 9.90 Å². The summed E-state index contributed by atoms with van der Waals surface area (Å²) in [4.78, 5) is 12.1. The van der Waals surface area contributed by atoms with Gasteiger partial charge in [-0.05, 0) is 59.6 Å². The van der Waals surface area contributed by atoms with Gasteiger partial charge in [0.1, 0.15) is 5.75 Å². The van der Waals surface area contributed by atoms with Gasteiger partial charge < -0.3 is 10.4 Å². The van der Waals surface area contributed by atoms with E-state index in [-0.39, 0.29) is 11.7 Å². The van der Waals surface area contributed by atoms with Gasteiger partial charge in [-0.2, -0.15) is 0 Å². The first-order chi connectivity index (χ1) is 8.97. The standard InChI is InChI=1S/C15H14BrNO2/c1-9-4-3-5-11(6-9)15(19)17-12-7-10(2)14(18)13(16)8-12/h3-8,18H,1-2H3,(H,17,19). The van der Waals surface area contributed by atoms with E-state index in [1.54, 1.807) is 25.1 Å². The van der Waals surface area contributed by atoms with Gasteiger partial charge in [-0.15, -0.1) is 0 Å². The van der Waals surface area contributed by atoms with Crippen molar-refractivity contribution in [3.63, 3.8) is 0 Å². The van der Waals surface area contributed by atoms with E-state index in [2.05, 4.69) is 21.2 Å². The fourth-order valence-electron chi connectivity index (χ4n) is 1.80. The second-order valence-electron chi connectivity index (χ2n) is 4.45. The number of carbonyl (C=O) groups is 1. The summed E-state index contributed by atoms with van der Waals surface area (Å²) in [5.74, 6) is 0.0224. The van der Waals surface area contributed by atoms with E-state index in [0.717, 1.165) is 5.56 Å². The molecule has 98 valence electrons. The molecular formula is C15H14BrNO2. The molecule has 2 aromatic rings. The maximum atomic E-state index is 12.1. The largest absolute Gasteiger partial charge is 0.506 e. The molecule has 0 aliphatic rings. The van der Waals surface area contributed by atoms with E-state index in [1.807, 2.05) is 25.1 Å². The monoisotopic (exact) mass is 319 g/mol. The van der Waals surface area contributed by atoms with Crippen molar-refractivity contribution in [1.29, 1.82) is 0 Å². The summed E-state index contributed by atoms with van der Waals surface area (Å²) < 4.78 is 0.562. The number of hydrogen-bond acceptors (Lipinski definition) is 2. The number of aromatic hydroxyl groups is 1. The summed E-state index contributed by atoms with van der Waals surface area (Å²) in [5.41, 5.74) is 3.00. The average Bonchev–Trinajstić information content (AvgIpc) is 2.36. The van der Waals surface area contributed by atoms with E-state index in [0.29, 0.717) is 21.3 Å². The lowest BCUT2D eigenvalue weighted by Gasteiger charge is -2.09. The number of rotatable bonds is 2. The summed E-state index contributed by atoms with van der Waals surface area (Å²) >= 11 is 3.25. The van der Waals surface area contributed by atoms with E-state index >= 15 is 0 Å². The van der Waals surface area contributed by atoms with Gasteiger partial charge in [-0.25, -0.2) is 0 Å². The fourth-order valence-corrected chi connectivity index (χ4v) is 2.36. The normalized spacial score (nSPS) is 10.3. The topological polar surface area (TPSA) is 49.3 Å². The average molecular weight is 320 g/mol. The van der Waals surface area contributed by atoms with Crippen LogP contribution in [0.3, 0.4) is 0 Å². The molecule has 0 fully saturated rings. The maximum Gasteiger partial charge on any atom is 0.255 e. The van der Waals surface area contributed by atoms with Crippen LogP contribution in [0.2, 0.25) is 0 Å². The quantitative estimate of drug-likeness (QED) is 0.821. The van der Waals surface area contributed by atoms with Crippen LogP contribution in [0.15, 0.2) is 40.9 Å². The molecule has 0 radical (unpaired) electrons. The Labute approximate surface area is 120 Å². The Kier molecular flexibility index (Phi) is 3.90. The van der Waals surface area contributed by atoms with E-state index < -0.39 is 0 Å². The molecule has 0 spiro atoms. The number of carbonyl (C=O) groups excluding carboxylic acids is 1. The summed E-state index contributed by atoms with van der Waals surface area (Å²) in [6.45, 7) is 3.72. The summed E-state index contributed by atoms with van der Waals surface area (Å²) in [6.07, 6.45) is 0. The van der Waals surface area contributed by atoms with Gasteiger partial charge >= 0.3 is 0 Å². The molecule has 2 aromatic carbocycles. The molecule has 0 heterocycles. The van der Waals surface area contributed by atoms with Crippen LogP contribution < -0.4 is 5.32 Å². The number of nitrogens with one attached hydrogen (secondary N) is 1. The van der Waals surface area contributed by atoms with Crippen molar-refractivity contribution in [3.8, 4) is 5.75 Å². The predicted molar refractivity (Wildman–Crippen MR) is 79.7 cm³/mol. The Morgan fingerprint density at radius 2 is 1.95 bits per heavy atom. The molecule has 0 bridgehead atoms. The molecule has 19 heavy (non-hydrogen) atoms. The summed E-state index contributed by atoms with van der Waals surface area (Å²) in [6, 6.07) is 10.8. The molecule has 2 N–H and O–H groups in total. The smallest absolute Gasteiger partial charge is 0.255 e. The highest BCUT2D eigenvalue weighted by Crippen LogP contribution is 2.31. The zero-order valence-corrected chi connectivity index (χ0v) is 12.3. The zero-order chi connectivity index (χ0) is 14.0. The second kappa shape index (κ2) is 5.45. The van der Waals surface area contributed by atoms with Crippen LogP contribution >= 0.6 is 15.9 Å². The molecule has 0 unspecified atom stereocenters. The van der Waals surface area contributed by atoms with Crippen molar-refractivity contribution in [2.75, 3.05) is 5.32 Å². The molecule has 4 heteroatoms. The summed E-state index contributed by atoms with van der Waals surface area (Å²) in [7, 11) is 0. The highest BCUT2D eigenvalue weighted by molar-refractivity contribution is 9.10. The van der Waals surface area contributed by atoms with Crippen LogP contribution in [0.4, 0.5) is 5.69 Å². The number of halogens is 1. The van der Waals surface area contributed by atoms with Gasteiger partial charge in [-0.3, -0.25) is 4.79 Å². The lowest BCUT2D eigenvalue weighted by Crippen LogP contribution is -2.12. The number of benzene rings is 2. The van der Waals surface area contributed by atoms with Gasteiger partial charge in [0, 0.05) is 11.3 Å². The molecule has 3 nitrogen and oxygen atoms in total. The summed E-state index contributed by atoms with van der Waals surface area (Å²) in [5, 5.41) is 12.5.